The first-order chi connectivity index (χ1) is 16.3. The van der Waals surface area contributed by atoms with E-state index in [9.17, 15) is 0 Å². The number of allylic oxidation sites excluding steroid dienone is 4. The van der Waals surface area contributed by atoms with Crippen molar-refractivity contribution in [3.05, 3.63) is 84.5 Å². The van der Waals surface area contributed by atoms with E-state index in [1.165, 1.54) is 22.3 Å². The molecule has 1 aromatic heterocycles. The van der Waals surface area contributed by atoms with Crippen molar-refractivity contribution < 1.29 is 13.7 Å². The van der Waals surface area contributed by atoms with E-state index >= 15 is 0 Å². The maximum absolute atomic E-state index is 6.39. The van der Waals surface area contributed by atoms with Crippen molar-refractivity contribution >= 4 is 40.1 Å². The van der Waals surface area contributed by atoms with Crippen LogP contribution in [-0.2, 0) is 9.31 Å². The second-order valence-corrected chi connectivity index (χ2v) is 10.3. The van der Waals surface area contributed by atoms with Gasteiger partial charge >= 0.3 is 7.12 Å². The number of fused-ring (bicyclic) bond motifs is 3. The van der Waals surface area contributed by atoms with Crippen molar-refractivity contribution in [3.8, 4) is 11.1 Å². The lowest BCUT2D eigenvalue weighted by Crippen LogP contribution is -2.41. The Hall–Kier alpha value is -3.08. The SMILES string of the molecule is CC1(C)OB(c2cccc3oc4ccc(-c5ccc(C6=CCCC=C6)cc5)cc4c23)OC1(C)C. The van der Waals surface area contributed by atoms with Crippen LogP contribution in [0.25, 0.3) is 38.6 Å². The van der Waals surface area contributed by atoms with Gasteiger partial charge in [0, 0.05) is 10.8 Å². The van der Waals surface area contributed by atoms with Crippen LogP contribution in [0.2, 0.25) is 0 Å². The zero-order valence-corrected chi connectivity index (χ0v) is 20.2. The Morgan fingerprint density at radius 2 is 1.44 bits per heavy atom. The third-order valence-corrected chi connectivity index (χ3v) is 7.58. The number of rotatable bonds is 3. The molecule has 170 valence electrons. The second-order valence-electron chi connectivity index (χ2n) is 10.3. The van der Waals surface area contributed by atoms with Crippen molar-refractivity contribution in [2.75, 3.05) is 0 Å². The molecule has 2 heterocycles. The van der Waals surface area contributed by atoms with Gasteiger partial charge < -0.3 is 13.7 Å². The van der Waals surface area contributed by atoms with E-state index in [2.05, 4.69) is 94.5 Å². The average molecular weight is 448 g/mol. The molecule has 0 spiro atoms. The first-order valence-electron chi connectivity index (χ1n) is 12.1. The molecule has 0 N–H and O–H groups in total. The van der Waals surface area contributed by atoms with Crippen molar-refractivity contribution in [1.82, 2.24) is 0 Å². The molecule has 0 amide bonds. The summed E-state index contributed by atoms with van der Waals surface area (Å²) in [5.41, 5.74) is 6.87. The number of benzene rings is 3. The van der Waals surface area contributed by atoms with Crippen LogP contribution in [0.5, 0.6) is 0 Å². The van der Waals surface area contributed by atoms with Gasteiger partial charge in [-0.15, -0.1) is 0 Å². The maximum atomic E-state index is 6.39. The zero-order chi connectivity index (χ0) is 23.5. The van der Waals surface area contributed by atoms with E-state index in [4.69, 9.17) is 13.7 Å². The fraction of sp³-hybridized carbons (Fsp3) is 0.267. The first kappa shape index (κ1) is 21.5. The predicted octanol–water partition coefficient (Wildman–Crippen LogP) is 7.29. The molecule has 4 heteroatoms. The molecular weight excluding hydrogens is 419 g/mol. The van der Waals surface area contributed by atoms with Crippen molar-refractivity contribution in [3.63, 3.8) is 0 Å². The molecule has 3 aromatic carbocycles. The van der Waals surface area contributed by atoms with Crippen LogP contribution in [0, 0.1) is 0 Å². The Kier molecular flexibility index (Phi) is 4.88. The van der Waals surface area contributed by atoms with Gasteiger partial charge in [0.2, 0.25) is 0 Å². The molecule has 0 saturated carbocycles. The lowest BCUT2D eigenvalue weighted by atomic mass is 9.76. The quantitative estimate of drug-likeness (QED) is 0.309. The summed E-state index contributed by atoms with van der Waals surface area (Å²) in [6, 6.07) is 21.4. The molecule has 3 nitrogen and oxygen atoms in total. The molecular formula is C30H29BO3. The highest BCUT2D eigenvalue weighted by Gasteiger charge is 2.52. The van der Waals surface area contributed by atoms with Crippen molar-refractivity contribution in [2.24, 2.45) is 0 Å². The normalized spacial score (nSPS) is 19.2. The van der Waals surface area contributed by atoms with Crippen molar-refractivity contribution in [2.45, 2.75) is 51.7 Å². The van der Waals surface area contributed by atoms with Crippen LogP contribution >= 0.6 is 0 Å². The van der Waals surface area contributed by atoms with E-state index < -0.39 is 18.3 Å². The highest BCUT2D eigenvalue weighted by Crippen LogP contribution is 2.38. The van der Waals surface area contributed by atoms with Gasteiger partial charge in [-0.3, -0.25) is 0 Å². The Morgan fingerprint density at radius 1 is 0.735 bits per heavy atom. The van der Waals surface area contributed by atoms with Crippen LogP contribution in [0.3, 0.4) is 0 Å². The van der Waals surface area contributed by atoms with Gasteiger partial charge in [-0.25, -0.2) is 0 Å². The number of hydrogen-bond acceptors (Lipinski definition) is 3. The van der Waals surface area contributed by atoms with E-state index in [0.29, 0.717) is 0 Å². The fourth-order valence-corrected chi connectivity index (χ4v) is 4.88. The lowest BCUT2D eigenvalue weighted by molar-refractivity contribution is 0.00578. The molecule has 1 saturated heterocycles. The summed E-state index contributed by atoms with van der Waals surface area (Å²) >= 11 is 0. The van der Waals surface area contributed by atoms with E-state index in [1.54, 1.807) is 0 Å². The maximum Gasteiger partial charge on any atom is 0.495 e. The minimum atomic E-state index is -0.436. The van der Waals surface area contributed by atoms with E-state index in [1.807, 2.05) is 12.1 Å². The molecule has 34 heavy (non-hydrogen) atoms. The topological polar surface area (TPSA) is 31.6 Å². The van der Waals surface area contributed by atoms with Gasteiger partial charge in [0.25, 0.3) is 0 Å². The number of hydrogen-bond donors (Lipinski definition) is 0. The predicted molar refractivity (Wildman–Crippen MR) is 141 cm³/mol. The van der Waals surface area contributed by atoms with Gasteiger partial charge in [0.1, 0.15) is 11.2 Å². The largest absolute Gasteiger partial charge is 0.495 e. The fourth-order valence-electron chi connectivity index (χ4n) is 4.88. The summed E-state index contributed by atoms with van der Waals surface area (Å²) in [5, 5.41) is 2.15. The van der Waals surface area contributed by atoms with E-state index in [0.717, 1.165) is 40.2 Å². The van der Waals surface area contributed by atoms with Crippen LogP contribution in [0.1, 0.15) is 46.1 Å². The molecule has 1 aliphatic heterocycles. The Bertz CT molecular complexity index is 1440. The standard InChI is InChI=1S/C30H29BO3/c1-29(2)30(3,4)34-31(33-29)25-11-8-12-27-28(25)24-19-23(17-18-26(24)32-27)22-15-13-21(14-16-22)20-9-6-5-7-10-20/h6,8-19H,5,7H2,1-4H3. The highest BCUT2D eigenvalue weighted by molar-refractivity contribution is 6.66. The summed E-state index contributed by atoms with van der Waals surface area (Å²) in [6.07, 6.45) is 9.03. The third kappa shape index (κ3) is 3.44. The molecule has 1 aliphatic carbocycles. The van der Waals surface area contributed by atoms with Gasteiger partial charge in [-0.2, -0.15) is 0 Å². The van der Waals surface area contributed by atoms with Gasteiger partial charge in [0.15, 0.2) is 0 Å². The minimum absolute atomic E-state index is 0.394. The summed E-state index contributed by atoms with van der Waals surface area (Å²) in [5.74, 6) is 0. The van der Waals surface area contributed by atoms with E-state index in [-0.39, 0.29) is 0 Å². The van der Waals surface area contributed by atoms with Crippen LogP contribution < -0.4 is 5.46 Å². The Labute approximate surface area is 201 Å². The van der Waals surface area contributed by atoms with Crippen LogP contribution in [-0.4, -0.2) is 18.3 Å². The van der Waals surface area contributed by atoms with Crippen molar-refractivity contribution in [1.29, 1.82) is 0 Å². The summed E-state index contributed by atoms with van der Waals surface area (Å²) in [6.45, 7) is 8.34. The molecule has 2 aliphatic rings. The van der Waals surface area contributed by atoms with Crippen LogP contribution in [0.15, 0.2) is 83.3 Å². The molecule has 6 rings (SSSR count). The summed E-state index contributed by atoms with van der Waals surface area (Å²) in [7, 11) is -0.436. The smallest absolute Gasteiger partial charge is 0.456 e. The molecule has 0 radical (unpaired) electrons. The monoisotopic (exact) mass is 448 g/mol. The molecule has 1 fully saturated rings. The molecule has 0 unspecified atom stereocenters. The lowest BCUT2D eigenvalue weighted by Gasteiger charge is -2.32. The van der Waals surface area contributed by atoms with Crippen LogP contribution in [0.4, 0.5) is 0 Å². The second kappa shape index (κ2) is 7.73. The third-order valence-electron chi connectivity index (χ3n) is 7.58. The van der Waals surface area contributed by atoms with Gasteiger partial charge in [-0.1, -0.05) is 60.7 Å². The zero-order valence-electron chi connectivity index (χ0n) is 20.2. The average Bonchev–Trinajstić information content (AvgIpc) is 3.32. The Balaban J connectivity index is 1.42. The highest BCUT2D eigenvalue weighted by atomic mass is 16.7. The summed E-state index contributed by atoms with van der Waals surface area (Å²) in [4.78, 5) is 0. The minimum Gasteiger partial charge on any atom is -0.456 e. The molecule has 4 aromatic rings. The molecule has 0 atom stereocenters. The first-order valence-corrected chi connectivity index (χ1v) is 12.1. The van der Waals surface area contributed by atoms with Gasteiger partial charge in [-0.05, 0) is 86.5 Å². The van der Waals surface area contributed by atoms with Gasteiger partial charge in [0.05, 0.1) is 11.2 Å². The molecule has 0 bridgehead atoms. The summed E-state index contributed by atoms with van der Waals surface area (Å²) < 4.78 is 19.0. The number of furan rings is 1. The Morgan fingerprint density at radius 3 is 2.15 bits per heavy atom.